The predicted octanol–water partition coefficient (Wildman–Crippen LogP) is 3.87. The van der Waals surface area contributed by atoms with Crippen molar-refractivity contribution in [2.24, 2.45) is 11.8 Å². The van der Waals surface area contributed by atoms with Crippen LogP contribution in [0.15, 0.2) is 42.6 Å². The minimum absolute atomic E-state index is 0.0593. The molecule has 0 bridgehead atoms. The molecule has 5 rings (SSSR count). The van der Waals surface area contributed by atoms with Gasteiger partial charge >= 0.3 is 6.03 Å². The predicted molar refractivity (Wildman–Crippen MR) is 102 cm³/mol. The molecular weight excluding hydrogens is 324 g/mol. The van der Waals surface area contributed by atoms with E-state index in [1.165, 1.54) is 30.4 Å². The maximum atomic E-state index is 12.8. The fourth-order valence-corrected chi connectivity index (χ4v) is 4.84. The van der Waals surface area contributed by atoms with E-state index < -0.39 is 0 Å². The van der Waals surface area contributed by atoms with Gasteiger partial charge in [-0.2, -0.15) is 0 Å². The Morgan fingerprint density at radius 3 is 2.65 bits per heavy atom. The molecule has 1 saturated carbocycles. The van der Waals surface area contributed by atoms with Crippen LogP contribution in [0.4, 0.5) is 16.3 Å². The average Bonchev–Trinajstić information content (AvgIpc) is 3.37. The lowest BCUT2D eigenvalue weighted by atomic mass is 10.0. The molecule has 0 unspecified atom stereocenters. The molecule has 134 valence electrons. The molecule has 1 aromatic carbocycles. The fraction of sp³-hybridized carbons (Fsp3) is 0.429. The molecule has 1 saturated heterocycles. The van der Waals surface area contributed by atoms with Gasteiger partial charge < -0.3 is 15.1 Å². The van der Waals surface area contributed by atoms with Crippen molar-refractivity contribution in [1.29, 1.82) is 0 Å². The molecule has 3 aliphatic rings. The Labute approximate surface area is 154 Å². The van der Waals surface area contributed by atoms with E-state index in [0.29, 0.717) is 0 Å². The zero-order valence-electron chi connectivity index (χ0n) is 14.9. The smallest absolute Gasteiger partial charge is 0.321 e. The van der Waals surface area contributed by atoms with Crippen LogP contribution in [-0.2, 0) is 13.1 Å². The Morgan fingerprint density at radius 2 is 1.88 bits per heavy atom. The summed E-state index contributed by atoms with van der Waals surface area (Å²) in [7, 11) is 0. The van der Waals surface area contributed by atoms with E-state index in [1.807, 2.05) is 41.4 Å². The highest BCUT2D eigenvalue weighted by atomic mass is 16.2. The van der Waals surface area contributed by atoms with Crippen molar-refractivity contribution in [2.45, 2.75) is 32.4 Å². The van der Waals surface area contributed by atoms with Crippen LogP contribution in [0.5, 0.6) is 0 Å². The number of fused-ring (bicyclic) bond motifs is 2. The highest BCUT2D eigenvalue weighted by Crippen LogP contribution is 2.38. The molecule has 2 aliphatic heterocycles. The third-order valence-electron chi connectivity index (χ3n) is 6.21. The van der Waals surface area contributed by atoms with Crippen molar-refractivity contribution in [3.8, 4) is 0 Å². The van der Waals surface area contributed by atoms with Gasteiger partial charge in [-0.3, -0.25) is 0 Å². The van der Waals surface area contributed by atoms with Gasteiger partial charge in [0.1, 0.15) is 5.82 Å². The van der Waals surface area contributed by atoms with Crippen LogP contribution in [0, 0.1) is 11.8 Å². The number of amides is 2. The molecule has 2 fully saturated rings. The van der Waals surface area contributed by atoms with Crippen molar-refractivity contribution in [2.75, 3.05) is 23.3 Å². The minimum atomic E-state index is 0.0593. The zero-order chi connectivity index (χ0) is 17.5. The summed E-state index contributed by atoms with van der Waals surface area (Å²) in [6.07, 6.45) is 5.73. The van der Waals surface area contributed by atoms with Gasteiger partial charge in [-0.1, -0.05) is 24.6 Å². The maximum Gasteiger partial charge on any atom is 0.321 e. The summed E-state index contributed by atoms with van der Waals surface area (Å²) >= 11 is 0. The Morgan fingerprint density at radius 1 is 1.04 bits per heavy atom. The number of rotatable bonds is 2. The summed E-state index contributed by atoms with van der Waals surface area (Å²) in [5, 5.41) is 3.19. The number of benzene rings is 1. The number of anilines is 2. The Hall–Kier alpha value is -2.56. The van der Waals surface area contributed by atoms with Gasteiger partial charge in [0.05, 0.1) is 0 Å². The van der Waals surface area contributed by atoms with Crippen LogP contribution in [-0.4, -0.2) is 29.0 Å². The third kappa shape index (κ3) is 2.71. The van der Waals surface area contributed by atoms with E-state index in [4.69, 9.17) is 0 Å². The molecule has 2 aromatic rings. The van der Waals surface area contributed by atoms with E-state index in [0.717, 1.165) is 49.5 Å². The van der Waals surface area contributed by atoms with E-state index in [-0.39, 0.29) is 6.03 Å². The number of likely N-dealkylation sites (tertiary alicyclic amines) is 1. The van der Waals surface area contributed by atoms with E-state index in [1.54, 1.807) is 0 Å². The first-order valence-electron chi connectivity index (χ1n) is 9.60. The number of hydrogen-bond donors (Lipinski definition) is 1. The van der Waals surface area contributed by atoms with Crippen molar-refractivity contribution >= 4 is 17.5 Å². The van der Waals surface area contributed by atoms with E-state index in [2.05, 4.69) is 21.3 Å². The van der Waals surface area contributed by atoms with Crippen LogP contribution in [0.1, 0.15) is 30.4 Å². The van der Waals surface area contributed by atoms with Gasteiger partial charge in [0, 0.05) is 43.6 Å². The number of urea groups is 1. The lowest BCUT2D eigenvalue weighted by molar-refractivity contribution is 0.219. The Kier molecular flexibility index (Phi) is 3.80. The van der Waals surface area contributed by atoms with E-state index >= 15 is 0 Å². The molecule has 1 N–H and O–H groups in total. The summed E-state index contributed by atoms with van der Waals surface area (Å²) in [5.74, 6) is 2.43. The van der Waals surface area contributed by atoms with Crippen LogP contribution >= 0.6 is 0 Å². The Bertz CT molecular complexity index is 810. The van der Waals surface area contributed by atoms with E-state index in [9.17, 15) is 4.79 Å². The average molecular weight is 348 g/mol. The van der Waals surface area contributed by atoms with Gasteiger partial charge in [0.2, 0.25) is 0 Å². The zero-order valence-corrected chi connectivity index (χ0v) is 14.9. The molecule has 2 amide bonds. The highest BCUT2D eigenvalue weighted by Gasteiger charge is 2.38. The molecule has 5 heteroatoms. The number of carbonyl (C=O) groups is 1. The third-order valence-corrected chi connectivity index (χ3v) is 6.21. The van der Waals surface area contributed by atoms with Crippen LogP contribution in [0.25, 0.3) is 0 Å². The van der Waals surface area contributed by atoms with Crippen molar-refractivity contribution in [3.63, 3.8) is 0 Å². The summed E-state index contributed by atoms with van der Waals surface area (Å²) in [4.78, 5) is 21.5. The lowest BCUT2D eigenvalue weighted by Crippen LogP contribution is -2.34. The topological polar surface area (TPSA) is 48.5 Å². The SMILES string of the molecule is O=C(Nc1cccc2c1CN(c1ccccn1)C2)N1C[C@@H]2CCC[C@H]2C1. The molecule has 26 heavy (non-hydrogen) atoms. The minimum Gasteiger partial charge on any atom is -0.348 e. The van der Waals surface area contributed by atoms with Gasteiger partial charge in [0.15, 0.2) is 0 Å². The molecule has 2 atom stereocenters. The van der Waals surface area contributed by atoms with Gasteiger partial charge in [-0.15, -0.1) is 0 Å². The second-order valence-electron chi connectivity index (χ2n) is 7.77. The molecule has 3 heterocycles. The number of nitrogens with zero attached hydrogens (tertiary/aromatic N) is 3. The number of nitrogens with one attached hydrogen (secondary N) is 1. The van der Waals surface area contributed by atoms with Crippen LogP contribution in [0.3, 0.4) is 0 Å². The molecule has 5 nitrogen and oxygen atoms in total. The lowest BCUT2D eigenvalue weighted by Gasteiger charge is -2.19. The molecule has 0 radical (unpaired) electrons. The molecule has 1 aliphatic carbocycles. The summed E-state index contributed by atoms with van der Waals surface area (Å²) in [6, 6.07) is 12.2. The van der Waals surface area contributed by atoms with Gasteiger partial charge in [-0.05, 0) is 48.4 Å². The summed E-state index contributed by atoms with van der Waals surface area (Å²) in [5.41, 5.74) is 3.43. The second-order valence-corrected chi connectivity index (χ2v) is 7.77. The monoisotopic (exact) mass is 348 g/mol. The normalized spacial score (nSPS) is 23.8. The summed E-state index contributed by atoms with van der Waals surface area (Å²) < 4.78 is 0. The molecule has 1 aromatic heterocycles. The summed E-state index contributed by atoms with van der Waals surface area (Å²) in [6.45, 7) is 3.47. The van der Waals surface area contributed by atoms with Gasteiger partial charge in [-0.25, -0.2) is 9.78 Å². The number of carbonyl (C=O) groups excluding carboxylic acids is 1. The first-order valence-corrected chi connectivity index (χ1v) is 9.60. The second kappa shape index (κ2) is 6.31. The first kappa shape index (κ1) is 15.7. The Balaban J connectivity index is 1.31. The number of pyridine rings is 1. The van der Waals surface area contributed by atoms with Gasteiger partial charge in [0.25, 0.3) is 0 Å². The molecule has 0 spiro atoms. The standard InChI is InChI=1S/C21H24N4O/c26-21(25-11-15-5-3-6-16(15)12-25)23-19-8-4-7-17-13-24(14-18(17)19)20-9-1-2-10-22-20/h1-2,4,7-10,15-16H,3,5-6,11-14H2,(H,23,26)/t15-,16-/m0/s1. The van der Waals surface area contributed by atoms with Crippen molar-refractivity contribution in [1.82, 2.24) is 9.88 Å². The largest absolute Gasteiger partial charge is 0.348 e. The van der Waals surface area contributed by atoms with Crippen molar-refractivity contribution < 1.29 is 4.79 Å². The molecular formula is C21H24N4O. The first-order chi connectivity index (χ1) is 12.8. The number of aromatic nitrogens is 1. The number of hydrogen-bond acceptors (Lipinski definition) is 3. The maximum absolute atomic E-state index is 12.8. The van der Waals surface area contributed by atoms with Crippen LogP contribution < -0.4 is 10.2 Å². The fourth-order valence-electron chi connectivity index (χ4n) is 4.84. The van der Waals surface area contributed by atoms with Crippen molar-refractivity contribution in [3.05, 3.63) is 53.7 Å². The quantitative estimate of drug-likeness (QED) is 0.896. The van der Waals surface area contributed by atoms with Crippen LogP contribution in [0.2, 0.25) is 0 Å². The highest BCUT2D eigenvalue weighted by molar-refractivity contribution is 5.91.